The minimum absolute atomic E-state index is 0.111. The number of hydrogen-bond acceptors (Lipinski definition) is 6. The van der Waals surface area contributed by atoms with E-state index in [2.05, 4.69) is 25.0 Å². The third-order valence-corrected chi connectivity index (χ3v) is 5.55. The molecule has 0 aliphatic heterocycles. The van der Waals surface area contributed by atoms with E-state index in [9.17, 15) is 13.3 Å². The zero-order valence-corrected chi connectivity index (χ0v) is 13.5. The lowest BCUT2D eigenvalue weighted by molar-refractivity contribution is 0.309. The number of H-pyrrole nitrogens is 1. The van der Waals surface area contributed by atoms with Gasteiger partial charge in [0.15, 0.2) is 5.82 Å². The Bertz CT molecular complexity index is 799. The Morgan fingerprint density at radius 2 is 2.22 bits per heavy atom. The Labute approximate surface area is 133 Å². The molecule has 0 spiro atoms. The van der Waals surface area contributed by atoms with Crippen LogP contribution in [0.15, 0.2) is 23.9 Å². The van der Waals surface area contributed by atoms with Crippen LogP contribution in [0.5, 0.6) is 0 Å². The summed E-state index contributed by atoms with van der Waals surface area (Å²) in [4.78, 5) is 22.4. The van der Waals surface area contributed by atoms with E-state index in [0.717, 1.165) is 0 Å². The maximum atomic E-state index is 11.8. The van der Waals surface area contributed by atoms with Crippen molar-refractivity contribution < 1.29 is 8.42 Å². The molecule has 1 aliphatic carbocycles. The van der Waals surface area contributed by atoms with Crippen LogP contribution in [0.25, 0.3) is 11.0 Å². The smallest absolute Gasteiger partial charge is 0.211 e. The summed E-state index contributed by atoms with van der Waals surface area (Å²) in [6.45, 7) is 1.82. The van der Waals surface area contributed by atoms with Gasteiger partial charge < -0.3 is 4.98 Å². The third-order valence-electron chi connectivity index (χ3n) is 3.92. The summed E-state index contributed by atoms with van der Waals surface area (Å²) in [5.74, 6) is 0.547. The van der Waals surface area contributed by atoms with Gasteiger partial charge in [-0.15, -0.1) is 4.91 Å². The molecule has 124 valence electrons. The van der Waals surface area contributed by atoms with Crippen LogP contribution in [-0.4, -0.2) is 41.2 Å². The molecule has 2 aromatic rings. The number of aromatic nitrogens is 3. The first kappa shape index (κ1) is 15.8. The van der Waals surface area contributed by atoms with Crippen molar-refractivity contribution >= 4 is 26.9 Å². The first-order valence-electron chi connectivity index (χ1n) is 7.44. The summed E-state index contributed by atoms with van der Waals surface area (Å²) in [7, 11) is -3.25. The molecule has 2 heterocycles. The fraction of sp³-hybridized carbons (Fsp3) is 0.538. The van der Waals surface area contributed by atoms with E-state index in [4.69, 9.17) is 0 Å². The molecule has 1 saturated carbocycles. The van der Waals surface area contributed by atoms with Crippen molar-refractivity contribution in [3.8, 4) is 0 Å². The topological polar surface area (TPSA) is 120 Å². The van der Waals surface area contributed by atoms with E-state index in [0.29, 0.717) is 36.1 Å². The quantitative estimate of drug-likeness (QED) is 0.580. The summed E-state index contributed by atoms with van der Waals surface area (Å²) in [5, 5.41) is 5.10. The second kappa shape index (κ2) is 6.20. The summed E-state index contributed by atoms with van der Waals surface area (Å²) < 4.78 is 26.2. The van der Waals surface area contributed by atoms with Gasteiger partial charge in [0.05, 0.1) is 22.5 Å². The molecule has 1 aliphatic rings. The van der Waals surface area contributed by atoms with Gasteiger partial charge >= 0.3 is 0 Å². The van der Waals surface area contributed by atoms with E-state index in [1.54, 1.807) is 12.3 Å². The van der Waals surface area contributed by atoms with Crippen molar-refractivity contribution in [2.75, 3.05) is 10.8 Å². The van der Waals surface area contributed by atoms with Gasteiger partial charge in [0.2, 0.25) is 10.0 Å². The van der Waals surface area contributed by atoms with Crippen molar-refractivity contribution in [1.82, 2.24) is 19.7 Å². The molecule has 0 amide bonds. The van der Waals surface area contributed by atoms with Gasteiger partial charge in [-0.2, -0.15) is 0 Å². The van der Waals surface area contributed by atoms with Crippen LogP contribution in [0, 0.1) is 4.91 Å². The van der Waals surface area contributed by atoms with Crippen molar-refractivity contribution in [3.05, 3.63) is 23.5 Å². The van der Waals surface area contributed by atoms with E-state index >= 15 is 0 Å². The monoisotopic (exact) mass is 338 g/mol. The molecular formula is C13H18N6O3S. The van der Waals surface area contributed by atoms with Gasteiger partial charge in [-0.05, 0) is 25.3 Å². The Morgan fingerprint density at radius 1 is 1.43 bits per heavy atom. The molecular weight excluding hydrogens is 320 g/mol. The largest absolute Gasteiger partial charge is 0.346 e. The van der Waals surface area contributed by atoms with Crippen molar-refractivity contribution in [2.45, 2.75) is 38.3 Å². The Hall–Kier alpha value is -2.07. The lowest BCUT2D eigenvalue weighted by atomic mass is 9.87. The Morgan fingerprint density at radius 3 is 2.91 bits per heavy atom. The molecule has 0 aromatic carbocycles. The molecule has 2 aromatic heterocycles. The summed E-state index contributed by atoms with van der Waals surface area (Å²) in [6, 6.07) is 1.45. The van der Waals surface area contributed by atoms with E-state index in [1.807, 2.05) is 6.92 Å². The molecule has 9 nitrogen and oxygen atoms in total. The summed E-state index contributed by atoms with van der Waals surface area (Å²) in [5.41, 5.74) is 0.628. The zero-order chi connectivity index (χ0) is 16.4. The lowest BCUT2D eigenvalue weighted by Crippen LogP contribution is -2.53. The SMILES string of the molecule is CCCS(=O)(=O)NC1CC(N(N=O)c2ncnc3[nH]ccc23)C1. The van der Waals surface area contributed by atoms with Crippen LogP contribution in [-0.2, 0) is 10.0 Å². The van der Waals surface area contributed by atoms with Gasteiger partial charge in [0.1, 0.15) is 12.0 Å². The average molecular weight is 338 g/mol. The normalized spacial score (nSPS) is 21.1. The Balaban J connectivity index is 1.70. The molecule has 0 bridgehead atoms. The molecule has 3 rings (SSSR count). The highest BCUT2D eigenvalue weighted by Crippen LogP contribution is 2.32. The number of aromatic amines is 1. The number of nitrogens with zero attached hydrogens (tertiary/aromatic N) is 4. The van der Waals surface area contributed by atoms with Gasteiger partial charge in [-0.25, -0.2) is 28.1 Å². The predicted molar refractivity (Wildman–Crippen MR) is 86.2 cm³/mol. The number of hydrogen-bond donors (Lipinski definition) is 2. The summed E-state index contributed by atoms with van der Waals surface area (Å²) >= 11 is 0. The zero-order valence-electron chi connectivity index (χ0n) is 12.6. The molecule has 2 N–H and O–H groups in total. The highest BCUT2D eigenvalue weighted by molar-refractivity contribution is 7.89. The maximum absolute atomic E-state index is 11.8. The van der Waals surface area contributed by atoms with Crippen molar-refractivity contribution in [3.63, 3.8) is 0 Å². The van der Waals surface area contributed by atoms with E-state index in [-0.39, 0.29) is 17.8 Å². The van der Waals surface area contributed by atoms with Crippen LogP contribution >= 0.6 is 0 Å². The number of nitroso groups, excluding NO2 is 1. The molecule has 0 saturated heterocycles. The average Bonchev–Trinajstić information content (AvgIpc) is 2.94. The van der Waals surface area contributed by atoms with Gasteiger partial charge in [0.25, 0.3) is 0 Å². The van der Waals surface area contributed by atoms with E-state index in [1.165, 1.54) is 11.3 Å². The molecule has 0 unspecified atom stereocenters. The summed E-state index contributed by atoms with van der Waals surface area (Å²) in [6.07, 6.45) is 4.69. The van der Waals surface area contributed by atoms with Crippen LogP contribution < -0.4 is 9.73 Å². The molecule has 0 radical (unpaired) electrons. The minimum Gasteiger partial charge on any atom is -0.346 e. The molecule has 1 fully saturated rings. The van der Waals surface area contributed by atoms with Crippen LogP contribution in [0.1, 0.15) is 26.2 Å². The maximum Gasteiger partial charge on any atom is 0.211 e. The highest BCUT2D eigenvalue weighted by atomic mass is 32.2. The van der Waals surface area contributed by atoms with Gasteiger partial charge in [-0.3, -0.25) is 0 Å². The van der Waals surface area contributed by atoms with Crippen molar-refractivity contribution in [1.29, 1.82) is 0 Å². The number of nitrogens with one attached hydrogen (secondary N) is 2. The Kier molecular flexibility index (Phi) is 4.26. The van der Waals surface area contributed by atoms with Gasteiger partial charge in [0, 0.05) is 12.2 Å². The van der Waals surface area contributed by atoms with Crippen LogP contribution in [0.3, 0.4) is 0 Å². The fourth-order valence-corrected chi connectivity index (χ4v) is 4.14. The van der Waals surface area contributed by atoms with E-state index < -0.39 is 10.0 Å². The second-order valence-corrected chi connectivity index (χ2v) is 7.50. The molecule has 10 heteroatoms. The van der Waals surface area contributed by atoms with Gasteiger partial charge in [-0.1, -0.05) is 6.92 Å². The van der Waals surface area contributed by atoms with Crippen molar-refractivity contribution in [2.24, 2.45) is 5.29 Å². The first-order valence-corrected chi connectivity index (χ1v) is 9.10. The second-order valence-electron chi connectivity index (χ2n) is 5.62. The number of sulfonamides is 1. The number of rotatable bonds is 7. The minimum atomic E-state index is -3.25. The molecule has 23 heavy (non-hydrogen) atoms. The highest BCUT2D eigenvalue weighted by Gasteiger charge is 2.38. The standard InChI is InChI=1S/C13H18N6O3S/c1-2-5-23(21,22)17-9-6-10(7-9)19(18-20)13-11-3-4-14-12(11)15-8-16-13/h3-4,8-10,17H,2,5-7H2,1H3,(H,14,15,16). The first-order chi connectivity index (χ1) is 11.0. The molecule has 0 atom stereocenters. The van der Waals surface area contributed by atoms with Crippen LogP contribution in [0.2, 0.25) is 0 Å². The lowest BCUT2D eigenvalue weighted by Gasteiger charge is -2.39. The number of anilines is 1. The number of fused-ring (bicyclic) bond motifs is 1. The third kappa shape index (κ3) is 3.17. The fourth-order valence-electron chi connectivity index (χ4n) is 2.78. The predicted octanol–water partition coefficient (Wildman–Crippen LogP) is 1.31. The van der Waals surface area contributed by atoms with Crippen LogP contribution in [0.4, 0.5) is 5.82 Å².